The van der Waals surface area contributed by atoms with Gasteiger partial charge in [0.25, 0.3) is 0 Å². The summed E-state index contributed by atoms with van der Waals surface area (Å²) in [4.78, 5) is 0. The summed E-state index contributed by atoms with van der Waals surface area (Å²) in [6, 6.07) is 0. The summed E-state index contributed by atoms with van der Waals surface area (Å²) in [5.41, 5.74) is 0. The van der Waals surface area contributed by atoms with Crippen LogP contribution in [0.25, 0.3) is 0 Å². The van der Waals surface area contributed by atoms with Gasteiger partial charge in [0.2, 0.25) is 0 Å². The molecular weight excluding hydrogens is 104 g/mol. The van der Waals surface area contributed by atoms with E-state index in [4.69, 9.17) is 0 Å². The van der Waals surface area contributed by atoms with Crippen LogP contribution in [0.5, 0.6) is 0 Å². The van der Waals surface area contributed by atoms with Crippen molar-refractivity contribution in [2.24, 2.45) is 0 Å². The van der Waals surface area contributed by atoms with E-state index in [2.05, 4.69) is 12.2 Å². The Morgan fingerprint density at radius 1 is 0.857 bits per heavy atom. The maximum absolute atomic E-state index is 2.27. The first-order valence-corrected chi connectivity index (χ1v) is 2.65. The highest BCUT2D eigenvalue weighted by Gasteiger charge is 1.87. The van der Waals surface area contributed by atoms with Crippen molar-refractivity contribution < 1.29 is 0 Å². The van der Waals surface area contributed by atoms with Crippen molar-refractivity contribution in [3.8, 4) is 0 Å². The highest BCUT2D eigenvalue weighted by Crippen LogP contribution is 2.07. The Balaban J connectivity index is 0.000000360. The first kappa shape index (κ1) is 7.09. The minimum Gasteiger partial charge on any atom is -0.813 e. The molecule has 7 heavy (non-hydrogen) atoms. The zero-order chi connectivity index (χ0) is 4.24. The van der Waals surface area contributed by atoms with Crippen molar-refractivity contribution in [2.75, 3.05) is 0 Å². The van der Waals surface area contributed by atoms with E-state index in [1.54, 1.807) is 0 Å². The topological polar surface area (TPSA) is 0 Å². The predicted molar refractivity (Wildman–Crippen MR) is 36.4 cm³/mol. The van der Waals surface area contributed by atoms with Crippen LogP contribution in [0.3, 0.4) is 0 Å². The van der Waals surface area contributed by atoms with Crippen LogP contribution in [0.1, 0.15) is 25.7 Å². The molecule has 0 nitrogen and oxygen atoms in total. The van der Waals surface area contributed by atoms with Gasteiger partial charge >= 0.3 is 0 Å². The Morgan fingerprint density at radius 2 is 1.29 bits per heavy atom. The normalized spacial score (nSPS) is 18.3. The number of thiol groups is 1. The molecule has 1 aliphatic carbocycles. The van der Waals surface area contributed by atoms with Gasteiger partial charge in [-0.2, -0.15) is 0 Å². The van der Waals surface area contributed by atoms with Crippen LogP contribution < -0.4 is 0 Å². The lowest BCUT2D eigenvalue weighted by Gasteiger charge is -1.97. The van der Waals surface area contributed by atoms with Crippen molar-refractivity contribution in [3.05, 3.63) is 12.2 Å². The van der Waals surface area contributed by atoms with Crippen molar-refractivity contribution >= 4 is 13.5 Å². The van der Waals surface area contributed by atoms with Crippen molar-refractivity contribution in [2.45, 2.75) is 25.7 Å². The minimum absolute atomic E-state index is 0. The van der Waals surface area contributed by atoms with Gasteiger partial charge in [-0.25, -0.2) is 0 Å². The summed E-state index contributed by atoms with van der Waals surface area (Å²) < 4.78 is 0. The van der Waals surface area contributed by atoms with E-state index in [1.807, 2.05) is 0 Å². The molecule has 0 unspecified atom stereocenters. The molecule has 1 rings (SSSR count). The Labute approximate surface area is 52.1 Å². The fourth-order valence-corrected chi connectivity index (χ4v) is 0.760. The number of rotatable bonds is 0. The third-order valence-electron chi connectivity index (χ3n) is 1.16. The SMILES string of the molecule is C1=CCCCC1.[SH-]. The second-order valence-corrected chi connectivity index (χ2v) is 1.76. The van der Waals surface area contributed by atoms with E-state index in [-0.39, 0.29) is 13.5 Å². The highest BCUT2D eigenvalue weighted by molar-refractivity contribution is 7.37. The summed E-state index contributed by atoms with van der Waals surface area (Å²) in [7, 11) is 0. The number of hydrogen-bond acceptors (Lipinski definition) is 1. The number of hydrogen-bond donors (Lipinski definition) is 0. The fourth-order valence-electron chi connectivity index (χ4n) is 0.760. The summed E-state index contributed by atoms with van der Waals surface area (Å²) in [5, 5.41) is 0. The molecule has 1 aliphatic rings. The van der Waals surface area contributed by atoms with Crippen molar-refractivity contribution in [1.82, 2.24) is 0 Å². The molecule has 0 aromatic rings. The molecule has 0 aliphatic heterocycles. The zero-order valence-electron chi connectivity index (χ0n) is 4.43. The van der Waals surface area contributed by atoms with Crippen molar-refractivity contribution in [3.63, 3.8) is 0 Å². The minimum atomic E-state index is 0. The van der Waals surface area contributed by atoms with Crippen LogP contribution in [0.2, 0.25) is 0 Å². The van der Waals surface area contributed by atoms with Crippen LogP contribution in [0.15, 0.2) is 12.2 Å². The predicted octanol–water partition coefficient (Wildman–Crippen LogP) is 1.85. The van der Waals surface area contributed by atoms with E-state index >= 15 is 0 Å². The zero-order valence-corrected chi connectivity index (χ0v) is 5.32. The standard InChI is InChI=1S/C6H10.H2S/c1-2-4-6-5-3-1;/h1-2H,3-6H2;1H2/p-1. The van der Waals surface area contributed by atoms with Crippen LogP contribution in [0, 0.1) is 0 Å². The Kier molecular flexibility index (Phi) is 4.31. The summed E-state index contributed by atoms with van der Waals surface area (Å²) >= 11 is 0. The monoisotopic (exact) mass is 115 g/mol. The van der Waals surface area contributed by atoms with Crippen molar-refractivity contribution in [1.29, 1.82) is 0 Å². The first-order chi connectivity index (χ1) is 3.00. The lowest BCUT2D eigenvalue weighted by atomic mass is 10.1. The molecule has 0 aromatic heterocycles. The van der Waals surface area contributed by atoms with E-state index in [0.29, 0.717) is 0 Å². The Morgan fingerprint density at radius 3 is 1.43 bits per heavy atom. The molecule has 0 aromatic carbocycles. The molecule has 0 N–H and O–H groups in total. The second-order valence-electron chi connectivity index (χ2n) is 1.76. The third kappa shape index (κ3) is 2.75. The van der Waals surface area contributed by atoms with Gasteiger partial charge in [-0.1, -0.05) is 12.2 Å². The van der Waals surface area contributed by atoms with Gasteiger partial charge in [-0.05, 0) is 25.7 Å². The smallest absolute Gasteiger partial charge is 0.0351 e. The van der Waals surface area contributed by atoms with E-state index in [0.717, 1.165) is 0 Å². The van der Waals surface area contributed by atoms with Crippen LogP contribution in [-0.2, 0) is 13.5 Å². The maximum Gasteiger partial charge on any atom is -0.0351 e. The van der Waals surface area contributed by atoms with E-state index < -0.39 is 0 Å². The van der Waals surface area contributed by atoms with Gasteiger partial charge < -0.3 is 13.5 Å². The Hall–Kier alpha value is 0.0900. The lowest BCUT2D eigenvalue weighted by molar-refractivity contribution is 0.730. The van der Waals surface area contributed by atoms with E-state index in [9.17, 15) is 0 Å². The molecule has 42 valence electrons. The maximum atomic E-state index is 2.27. The molecule has 0 radical (unpaired) electrons. The fraction of sp³-hybridized carbons (Fsp3) is 0.667. The lowest BCUT2D eigenvalue weighted by Crippen LogP contribution is -1.77. The van der Waals surface area contributed by atoms with Crippen LogP contribution >= 0.6 is 0 Å². The summed E-state index contributed by atoms with van der Waals surface area (Å²) in [6.07, 6.45) is 10.0. The van der Waals surface area contributed by atoms with Gasteiger partial charge in [0.1, 0.15) is 0 Å². The second kappa shape index (κ2) is 4.25. The third-order valence-corrected chi connectivity index (χ3v) is 1.16. The molecule has 0 atom stereocenters. The van der Waals surface area contributed by atoms with E-state index in [1.165, 1.54) is 25.7 Å². The molecule has 0 saturated carbocycles. The number of allylic oxidation sites excluding steroid dienone is 2. The van der Waals surface area contributed by atoms with Crippen LogP contribution in [-0.4, -0.2) is 0 Å². The van der Waals surface area contributed by atoms with Crippen LogP contribution in [0.4, 0.5) is 0 Å². The summed E-state index contributed by atoms with van der Waals surface area (Å²) in [6.45, 7) is 0. The van der Waals surface area contributed by atoms with Gasteiger partial charge in [0.15, 0.2) is 0 Å². The first-order valence-electron chi connectivity index (χ1n) is 2.65. The van der Waals surface area contributed by atoms with Gasteiger partial charge in [-0.3, -0.25) is 0 Å². The average Bonchev–Trinajstić information content (AvgIpc) is 1.72. The highest BCUT2D eigenvalue weighted by atomic mass is 32.1. The molecule has 0 fully saturated rings. The quantitative estimate of drug-likeness (QED) is 0.264. The molecular formula is C6H11S-. The molecule has 0 amide bonds. The van der Waals surface area contributed by atoms with Gasteiger partial charge in [-0.15, -0.1) is 0 Å². The molecule has 0 heterocycles. The molecule has 1 heteroatoms. The average molecular weight is 115 g/mol. The molecule has 0 spiro atoms. The molecule has 0 saturated heterocycles. The largest absolute Gasteiger partial charge is 0.813 e. The Bertz CT molecular complexity index is 49.2. The van der Waals surface area contributed by atoms with Gasteiger partial charge in [0.05, 0.1) is 0 Å². The molecule has 0 bridgehead atoms. The van der Waals surface area contributed by atoms with Gasteiger partial charge in [0, 0.05) is 0 Å². The summed E-state index contributed by atoms with van der Waals surface area (Å²) in [5.74, 6) is 0.